The zero-order valence-corrected chi connectivity index (χ0v) is 11.8. The lowest BCUT2D eigenvalue weighted by molar-refractivity contribution is 0.0688. The molecule has 7 heteroatoms. The quantitative estimate of drug-likeness (QED) is 0.943. The van der Waals surface area contributed by atoms with Crippen LogP contribution in [0.3, 0.4) is 0 Å². The van der Waals surface area contributed by atoms with Gasteiger partial charge in [-0.1, -0.05) is 48.3 Å². The number of benzene rings is 1. The molecule has 1 heterocycles. The Morgan fingerprint density at radius 3 is 2.63 bits per heavy atom. The predicted octanol–water partition coefficient (Wildman–Crippen LogP) is 3.40. The number of aromatic nitrogens is 3. The number of carbonyl (C=O) groups is 1. The van der Waals surface area contributed by atoms with E-state index in [1.54, 1.807) is 18.2 Å². The van der Waals surface area contributed by atoms with Crippen LogP contribution in [0, 0.1) is 0 Å². The monoisotopic (exact) mass is 299 g/mol. The normalized spacial score (nSPS) is 11.0. The molecule has 1 aromatic heterocycles. The highest BCUT2D eigenvalue weighted by molar-refractivity contribution is 6.43. The van der Waals surface area contributed by atoms with E-state index in [1.165, 1.54) is 4.68 Å². The van der Waals surface area contributed by atoms with Crippen LogP contribution in [-0.4, -0.2) is 26.1 Å². The van der Waals surface area contributed by atoms with Gasteiger partial charge in [0.05, 0.1) is 21.4 Å². The molecule has 2 rings (SSSR count). The number of rotatable bonds is 3. The van der Waals surface area contributed by atoms with Crippen molar-refractivity contribution < 1.29 is 9.90 Å². The van der Waals surface area contributed by atoms with Gasteiger partial charge in [0.1, 0.15) is 0 Å². The molecule has 100 valence electrons. The van der Waals surface area contributed by atoms with Crippen LogP contribution in [-0.2, 0) is 0 Å². The molecule has 0 unspecified atom stereocenters. The van der Waals surface area contributed by atoms with Gasteiger partial charge in [-0.25, -0.2) is 9.48 Å². The molecule has 1 aromatic carbocycles. The van der Waals surface area contributed by atoms with Crippen molar-refractivity contribution in [2.24, 2.45) is 0 Å². The molecule has 0 saturated carbocycles. The van der Waals surface area contributed by atoms with Crippen molar-refractivity contribution in [2.45, 2.75) is 19.8 Å². The van der Waals surface area contributed by atoms with Crippen molar-refractivity contribution in [3.63, 3.8) is 0 Å². The second-order valence-corrected chi connectivity index (χ2v) is 5.05. The average Bonchev–Trinajstić information content (AvgIpc) is 2.77. The van der Waals surface area contributed by atoms with E-state index < -0.39 is 5.97 Å². The largest absolute Gasteiger partial charge is 0.476 e. The fourth-order valence-corrected chi connectivity index (χ4v) is 2.17. The average molecular weight is 300 g/mol. The molecule has 0 aliphatic heterocycles. The summed E-state index contributed by atoms with van der Waals surface area (Å²) in [4.78, 5) is 11.1. The lowest BCUT2D eigenvalue weighted by atomic mass is 10.1. The Morgan fingerprint density at radius 1 is 1.37 bits per heavy atom. The maximum absolute atomic E-state index is 11.1. The minimum Gasteiger partial charge on any atom is -0.476 e. The van der Waals surface area contributed by atoms with Gasteiger partial charge in [-0.15, -0.1) is 5.10 Å². The van der Waals surface area contributed by atoms with E-state index in [4.69, 9.17) is 28.3 Å². The highest BCUT2D eigenvalue weighted by Crippen LogP contribution is 2.30. The molecule has 0 spiro atoms. The van der Waals surface area contributed by atoms with Gasteiger partial charge in [0.2, 0.25) is 0 Å². The van der Waals surface area contributed by atoms with Crippen molar-refractivity contribution in [2.75, 3.05) is 0 Å². The minimum absolute atomic E-state index is 0.0730. The van der Waals surface area contributed by atoms with Gasteiger partial charge in [0, 0.05) is 0 Å². The maximum atomic E-state index is 11.1. The number of hydrogen-bond donors (Lipinski definition) is 1. The van der Waals surface area contributed by atoms with Crippen molar-refractivity contribution in [3.05, 3.63) is 39.6 Å². The third-order valence-corrected chi connectivity index (χ3v) is 3.42. The van der Waals surface area contributed by atoms with Gasteiger partial charge in [-0.05, 0) is 18.1 Å². The number of carboxylic acid groups (broad SMARTS) is 1. The van der Waals surface area contributed by atoms with Crippen LogP contribution < -0.4 is 0 Å². The molecule has 2 aromatic rings. The van der Waals surface area contributed by atoms with Gasteiger partial charge < -0.3 is 5.11 Å². The van der Waals surface area contributed by atoms with Crippen LogP contribution in [0.4, 0.5) is 0 Å². The summed E-state index contributed by atoms with van der Waals surface area (Å²) in [5.74, 6) is -1.19. The standard InChI is InChI=1S/C12H11Cl2N3O2/c1-6(2)11-10(12(18)19)15-16-17(11)8-5-3-4-7(13)9(8)14/h3-6H,1-2H3,(H,18,19). The lowest BCUT2D eigenvalue weighted by Gasteiger charge is -2.11. The van der Waals surface area contributed by atoms with E-state index in [0.29, 0.717) is 21.4 Å². The number of halogens is 2. The van der Waals surface area contributed by atoms with Crippen molar-refractivity contribution in [1.29, 1.82) is 0 Å². The second-order valence-electron chi connectivity index (χ2n) is 4.27. The Kier molecular flexibility index (Phi) is 3.78. The van der Waals surface area contributed by atoms with Crippen LogP contribution in [0.15, 0.2) is 18.2 Å². The number of nitrogens with zero attached hydrogens (tertiary/aromatic N) is 3. The van der Waals surface area contributed by atoms with E-state index >= 15 is 0 Å². The summed E-state index contributed by atoms with van der Waals surface area (Å²) in [6.45, 7) is 3.72. The number of hydrogen-bond acceptors (Lipinski definition) is 3. The summed E-state index contributed by atoms with van der Waals surface area (Å²) < 4.78 is 1.42. The molecule has 0 bridgehead atoms. The molecule has 1 N–H and O–H groups in total. The molecule has 0 aliphatic carbocycles. The summed E-state index contributed by atoms with van der Waals surface area (Å²) >= 11 is 12.1. The van der Waals surface area contributed by atoms with Crippen LogP contribution in [0.5, 0.6) is 0 Å². The van der Waals surface area contributed by atoms with Gasteiger partial charge >= 0.3 is 5.97 Å². The Hall–Kier alpha value is -1.59. The molecule has 5 nitrogen and oxygen atoms in total. The summed E-state index contributed by atoms with van der Waals surface area (Å²) in [5, 5.41) is 17.4. The van der Waals surface area contributed by atoms with Gasteiger partial charge in [-0.3, -0.25) is 0 Å². The Morgan fingerprint density at radius 2 is 2.05 bits per heavy atom. The maximum Gasteiger partial charge on any atom is 0.358 e. The minimum atomic E-state index is -1.12. The first-order chi connectivity index (χ1) is 8.93. The zero-order valence-electron chi connectivity index (χ0n) is 10.3. The van der Waals surface area contributed by atoms with Crippen molar-refractivity contribution in [3.8, 4) is 5.69 Å². The van der Waals surface area contributed by atoms with Crippen molar-refractivity contribution in [1.82, 2.24) is 15.0 Å². The molecule has 0 amide bonds. The Labute approximate surface area is 119 Å². The lowest BCUT2D eigenvalue weighted by Crippen LogP contribution is -2.09. The van der Waals surface area contributed by atoms with E-state index in [0.717, 1.165) is 0 Å². The molecule has 19 heavy (non-hydrogen) atoms. The van der Waals surface area contributed by atoms with Gasteiger partial charge in [0.15, 0.2) is 5.69 Å². The predicted molar refractivity (Wildman–Crippen MR) is 72.4 cm³/mol. The Balaban J connectivity index is 2.69. The third-order valence-electron chi connectivity index (χ3n) is 2.61. The molecule has 0 radical (unpaired) electrons. The molecule has 0 atom stereocenters. The van der Waals surface area contributed by atoms with Crippen LogP contribution in [0.1, 0.15) is 35.9 Å². The third kappa shape index (κ3) is 2.43. The van der Waals surface area contributed by atoms with Crippen LogP contribution >= 0.6 is 23.2 Å². The summed E-state index contributed by atoms with van der Waals surface area (Å²) in [6, 6.07) is 5.08. The van der Waals surface area contributed by atoms with E-state index in [2.05, 4.69) is 10.3 Å². The fourth-order valence-electron chi connectivity index (χ4n) is 1.79. The van der Waals surface area contributed by atoms with Gasteiger partial charge in [-0.2, -0.15) is 0 Å². The number of aromatic carboxylic acids is 1. The molecular weight excluding hydrogens is 289 g/mol. The molecular formula is C12H11Cl2N3O2. The second kappa shape index (κ2) is 5.19. The zero-order chi connectivity index (χ0) is 14.2. The van der Waals surface area contributed by atoms with E-state index in [-0.39, 0.29) is 11.6 Å². The molecule has 0 saturated heterocycles. The van der Waals surface area contributed by atoms with E-state index in [9.17, 15) is 4.79 Å². The van der Waals surface area contributed by atoms with Gasteiger partial charge in [0.25, 0.3) is 0 Å². The van der Waals surface area contributed by atoms with E-state index in [1.807, 2.05) is 13.8 Å². The first-order valence-electron chi connectivity index (χ1n) is 5.56. The Bertz CT molecular complexity index is 638. The topological polar surface area (TPSA) is 68.0 Å². The summed E-state index contributed by atoms with van der Waals surface area (Å²) in [7, 11) is 0. The molecule has 0 aliphatic rings. The van der Waals surface area contributed by atoms with Crippen LogP contribution in [0.2, 0.25) is 10.0 Å². The highest BCUT2D eigenvalue weighted by Gasteiger charge is 2.23. The molecule has 0 fully saturated rings. The summed E-state index contributed by atoms with van der Waals surface area (Å²) in [6.07, 6.45) is 0. The smallest absolute Gasteiger partial charge is 0.358 e. The summed E-state index contributed by atoms with van der Waals surface area (Å²) in [5.41, 5.74) is 0.917. The first kappa shape index (κ1) is 13.8. The fraction of sp³-hybridized carbons (Fsp3) is 0.250. The first-order valence-corrected chi connectivity index (χ1v) is 6.32. The number of carboxylic acids is 1. The highest BCUT2D eigenvalue weighted by atomic mass is 35.5. The van der Waals surface area contributed by atoms with Crippen molar-refractivity contribution >= 4 is 29.2 Å². The van der Waals surface area contributed by atoms with Crippen LogP contribution in [0.25, 0.3) is 5.69 Å². The SMILES string of the molecule is CC(C)c1c(C(=O)O)nnn1-c1cccc(Cl)c1Cl.